The molecule has 3 unspecified atom stereocenters. The number of aliphatic hydroxyl groups excluding tert-OH is 1. The molecule has 5 rings (SSSR count). The molecule has 2 aliphatic rings. The van der Waals surface area contributed by atoms with Crippen LogP contribution in [0.3, 0.4) is 0 Å². The lowest BCUT2D eigenvalue weighted by atomic mass is 9.85. The van der Waals surface area contributed by atoms with Crippen LogP contribution in [0.2, 0.25) is 0 Å². The van der Waals surface area contributed by atoms with E-state index in [4.69, 9.17) is 0 Å². The van der Waals surface area contributed by atoms with Gasteiger partial charge in [-0.1, -0.05) is 56.3 Å². The molecular formula is C28H36N6O3S. The van der Waals surface area contributed by atoms with Crippen LogP contribution in [0.5, 0.6) is 0 Å². The summed E-state index contributed by atoms with van der Waals surface area (Å²) in [5, 5.41) is 24.4. The SMILES string of the molecule is CC(C)(C)[C@@H](C(=O)N1CC(O)CC1C(=O)NC(Cc1ccccc1)Cc1cscn1)n1cc(C2CC2)nn1. The van der Waals surface area contributed by atoms with E-state index in [-0.39, 0.29) is 30.8 Å². The van der Waals surface area contributed by atoms with Crippen LogP contribution in [-0.2, 0) is 22.4 Å². The topological polar surface area (TPSA) is 113 Å². The average molecular weight is 537 g/mol. The molecule has 1 aliphatic heterocycles. The number of nitrogens with zero attached hydrogens (tertiary/aromatic N) is 5. The number of thiazole rings is 1. The van der Waals surface area contributed by atoms with Crippen LogP contribution in [0.15, 0.2) is 47.4 Å². The molecule has 0 spiro atoms. The van der Waals surface area contributed by atoms with Gasteiger partial charge in [-0.05, 0) is 30.2 Å². The van der Waals surface area contributed by atoms with Gasteiger partial charge in [0.25, 0.3) is 0 Å². The van der Waals surface area contributed by atoms with Crippen molar-refractivity contribution in [2.75, 3.05) is 6.54 Å². The van der Waals surface area contributed by atoms with Gasteiger partial charge in [-0.15, -0.1) is 16.4 Å². The maximum atomic E-state index is 14.0. The Bertz CT molecular complexity index is 1240. The van der Waals surface area contributed by atoms with Gasteiger partial charge in [-0.3, -0.25) is 9.59 Å². The first-order chi connectivity index (χ1) is 18.2. The number of aromatic nitrogens is 4. The van der Waals surface area contributed by atoms with Crippen LogP contribution in [-0.4, -0.2) is 66.5 Å². The number of hydrogen-bond acceptors (Lipinski definition) is 7. The van der Waals surface area contributed by atoms with E-state index in [1.807, 2.05) is 62.7 Å². The third kappa shape index (κ3) is 6.13. The van der Waals surface area contributed by atoms with Gasteiger partial charge >= 0.3 is 0 Å². The molecule has 0 radical (unpaired) electrons. The van der Waals surface area contributed by atoms with Crippen molar-refractivity contribution in [2.24, 2.45) is 5.41 Å². The van der Waals surface area contributed by atoms with E-state index in [1.54, 1.807) is 10.2 Å². The molecule has 10 heteroatoms. The van der Waals surface area contributed by atoms with Crippen molar-refractivity contribution in [1.29, 1.82) is 0 Å². The first-order valence-corrected chi connectivity index (χ1v) is 14.2. The monoisotopic (exact) mass is 536 g/mol. The van der Waals surface area contributed by atoms with E-state index in [1.165, 1.54) is 16.2 Å². The second-order valence-electron chi connectivity index (χ2n) is 11.6. The van der Waals surface area contributed by atoms with Crippen molar-refractivity contribution in [1.82, 2.24) is 30.2 Å². The summed E-state index contributed by atoms with van der Waals surface area (Å²) < 4.78 is 1.65. The Morgan fingerprint density at radius 1 is 1.18 bits per heavy atom. The second-order valence-corrected chi connectivity index (χ2v) is 12.4. The molecule has 0 bridgehead atoms. The first kappa shape index (κ1) is 26.5. The second kappa shape index (κ2) is 10.9. The quantitative estimate of drug-likeness (QED) is 0.435. The van der Waals surface area contributed by atoms with Crippen molar-refractivity contribution in [3.05, 3.63) is 64.4 Å². The van der Waals surface area contributed by atoms with E-state index >= 15 is 0 Å². The van der Waals surface area contributed by atoms with Crippen molar-refractivity contribution in [2.45, 2.75) is 83.0 Å². The fourth-order valence-corrected chi connectivity index (χ4v) is 5.86. The molecule has 1 saturated heterocycles. The Morgan fingerprint density at radius 2 is 1.95 bits per heavy atom. The Kier molecular flexibility index (Phi) is 7.63. The molecule has 202 valence electrons. The van der Waals surface area contributed by atoms with Crippen LogP contribution in [0.25, 0.3) is 0 Å². The molecule has 2 amide bonds. The number of β-amino-alcohol motifs (C(OH)–C–C–N with tert-alkyl or cyclic N) is 1. The zero-order chi connectivity index (χ0) is 26.9. The molecule has 2 N–H and O–H groups in total. The molecule has 2 aromatic heterocycles. The highest BCUT2D eigenvalue weighted by Crippen LogP contribution is 2.40. The predicted octanol–water partition coefficient (Wildman–Crippen LogP) is 3.13. The van der Waals surface area contributed by atoms with Gasteiger partial charge in [0, 0.05) is 42.9 Å². The van der Waals surface area contributed by atoms with Crippen LogP contribution in [0, 0.1) is 5.41 Å². The molecule has 4 atom stereocenters. The first-order valence-electron chi connectivity index (χ1n) is 13.3. The van der Waals surface area contributed by atoms with Gasteiger partial charge < -0.3 is 15.3 Å². The molecule has 1 aliphatic carbocycles. The predicted molar refractivity (Wildman–Crippen MR) is 145 cm³/mol. The number of nitrogens with one attached hydrogen (secondary N) is 1. The summed E-state index contributed by atoms with van der Waals surface area (Å²) >= 11 is 1.52. The summed E-state index contributed by atoms with van der Waals surface area (Å²) in [6, 6.07) is 8.41. The Hall–Kier alpha value is -3.11. The highest BCUT2D eigenvalue weighted by Gasteiger charge is 2.45. The summed E-state index contributed by atoms with van der Waals surface area (Å²) in [5.41, 5.74) is 4.25. The number of amides is 2. The van der Waals surface area contributed by atoms with Crippen molar-refractivity contribution in [3.8, 4) is 0 Å². The van der Waals surface area contributed by atoms with E-state index in [2.05, 4.69) is 20.6 Å². The van der Waals surface area contributed by atoms with Crippen molar-refractivity contribution < 1.29 is 14.7 Å². The van der Waals surface area contributed by atoms with E-state index in [0.29, 0.717) is 18.8 Å². The molecule has 3 heterocycles. The standard InChI is InChI=1S/C28H36N6O3S/c1-28(2,3)25(34-15-23(31-32-34)19-9-10-19)27(37)33-14-22(35)13-24(33)26(36)30-20(12-21-16-38-17-29-21)11-18-7-5-4-6-8-18/h4-8,15-17,19-20,22,24-25,35H,9-14H2,1-3H3,(H,30,36)/t20?,22?,24?,25-/m1/s1. The van der Waals surface area contributed by atoms with Gasteiger partial charge in [0.05, 0.1) is 23.0 Å². The Balaban J connectivity index is 1.35. The average Bonchev–Trinajstić information content (AvgIpc) is 3.22. The highest BCUT2D eigenvalue weighted by atomic mass is 32.1. The maximum Gasteiger partial charge on any atom is 0.248 e. The third-order valence-electron chi connectivity index (χ3n) is 7.32. The maximum absolute atomic E-state index is 14.0. The fourth-order valence-electron chi connectivity index (χ4n) is 5.29. The van der Waals surface area contributed by atoms with Crippen molar-refractivity contribution in [3.63, 3.8) is 0 Å². The van der Waals surface area contributed by atoms with Crippen LogP contribution in [0.4, 0.5) is 0 Å². The zero-order valence-electron chi connectivity index (χ0n) is 22.2. The minimum Gasteiger partial charge on any atom is -0.391 e. The van der Waals surface area contributed by atoms with E-state index in [0.717, 1.165) is 29.8 Å². The third-order valence-corrected chi connectivity index (χ3v) is 7.95. The minimum absolute atomic E-state index is 0.114. The number of benzene rings is 1. The molecule has 2 fully saturated rings. The zero-order valence-corrected chi connectivity index (χ0v) is 23.0. The highest BCUT2D eigenvalue weighted by molar-refractivity contribution is 7.07. The van der Waals surface area contributed by atoms with Crippen LogP contribution in [0.1, 0.15) is 68.9 Å². The molecule has 3 aromatic rings. The number of rotatable bonds is 9. The normalized spacial score (nSPS) is 21.3. The summed E-state index contributed by atoms with van der Waals surface area (Å²) in [6.45, 7) is 6.07. The van der Waals surface area contributed by atoms with Gasteiger partial charge in [-0.2, -0.15) is 0 Å². The van der Waals surface area contributed by atoms with Gasteiger partial charge in [0.15, 0.2) is 0 Å². The number of carbonyl (C=O) groups excluding carboxylic acids is 2. The van der Waals surface area contributed by atoms with E-state index < -0.39 is 23.6 Å². The van der Waals surface area contributed by atoms with Crippen molar-refractivity contribution >= 4 is 23.2 Å². The molecule has 1 saturated carbocycles. The van der Waals surface area contributed by atoms with Gasteiger partial charge in [0.2, 0.25) is 11.8 Å². The van der Waals surface area contributed by atoms with Crippen LogP contribution >= 0.6 is 11.3 Å². The van der Waals surface area contributed by atoms with Crippen LogP contribution < -0.4 is 5.32 Å². The van der Waals surface area contributed by atoms with Gasteiger partial charge in [0.1, 0.15) is 12.1 Å². The number of carbonyl (C=O) groups is 2. The molecule has 1 aromatic carbocycles. The number of likely N-dealkylation sites (tertiary alicyclic amines) is 1. The molecule has 9 nitrogen and oxygen atoms in total. The fraction of sp³-hybridized carbons (Fsp3) is 0.536. The minimum atomic E-state index is -0.765. The lowest BCUT2D eigenvalue weighted by Gasteiger charge is -2.35. The smallest absolute Gasteiger partial charge is 0.248 e. The molecule has 38 heavy (non-hydrogen) atoms. The Labute approximate surface area is 227 Å². The summed E-state index contributed by atoms with van der Waals surface area (Å²) in [7, 11) is 0. The molecular weight excluding hydrogens is 500 g/mol. The number of aliphatic hydroxyl groups is 1. The summed E-state index contributed by atoms with van der Waals surface area (Å²) in [6.07, 6.45) is 4.72. The van der Waals surface area contributed by atoms with E-state index in [9.17, 15) is 14.7 Å². The summed E-state index contributed by atoms with van der Waals surface area (Å²) in [5.74, 6) is -0.0533. The Morgan fingerprint density at radius 3 is 2.61 bits per heavy atom. The lowest BCUT2D eigenvalue weighted by Crippen LogP contribution is -2.52. The number of hydrogen-bond donors (Lipinski definition) is 2. The summed E-state index contributed by atoms with van der Waals surface area (Å²) in [4.78, 5) is 33.6. The van der Waals surface area contributed by atoms with Gasteiger partial charge in [-0.25, -0.2) is 9.67 Å². The lowest BCUT2D eigenvalue weighted by molar-refractivity contribution is -0.144. The largest absolute Gasteiger partial charge is 0.391 e.